The van der Waals surface area contributed by atoms with Crippen LogP contribution < -0.4 is 10.1 Å². The zero-order valence-electron chi connectivity index (χ0n) is 12.2. The minimum Gasteiger partial charge on any atom is -0.433 e. The normalized spacial score (nSPS) is 17.3. The Morgan fingerprint density at radius 2 is 1.86 bits per heavy atom. The Kier molecular flexibility index (Phi) is 5.86. The molecule has 2 rings (SSSR count). The Balaban J connectivity index is 1.81. The van der Waals surface area contributed by atoms with E-state index < -0.39 is 4.77 Å². The Bertz CT molecular complexity index is 500. The molecule has 1 aliphatic heterocycles. The van der Waals surface area contributed by atoms with E-state index in [0.717, 1.165) is 26.2 Å². The largest absolute Gasteiger partial charge is 0.433 e. The molecule has 1 aromatic rings. The molecule has 1 saturated heterocycles. The van der Waals surface area contributed by atoms with E-state index in [4.69, 9.17) is 23.2 Å². The van der Waals surface area contributed by atoms with Gasteiger partial charge >= 0.3 is 4.77 Å². The first-order chi connectivity index (χ1) is 10.3. The average molecular weight is 350 g/mol. The van der Waals surface area contributed by atoms with Crippen molar-refractivity contribution >= 4 is 34.8 Å². The Labute approximate surface area is 138 Å². The zero-order chi connectivity index (χ0) is 16.2. The van der Waals surface area contributed by atoms with Gasteiger partial charge in [-0.1, -0.05) is 0 Å². The lowest BCUT2D eigenvalue weighted by Gasteiger charge is -2.31. The van der Waals surface area contributed by atoms with Crippen molar-refractivity contribution in [1.82, 2.24) is 9.80 Å². The second kappa shape index (κ2) is 7.46. The number of nitrogens with one attached hydrogen (secondary N) is 1. The number of alkyl halides is 3. The summed E-state index contributed by atoms with van der Waals surface area (Å²) >= 11 is 10.2. The van der Waals surface area contributed by atoms with Gasteiger partial charge in [-0.25, -0.2) is 0 Å². The van der Waals surface area contributed by atoms with Crippen molar-refractivity contribution in [3.05, 3.63) is 24.3 Å². The van der Waals surface area contributed by atoms with E-state index in [2.05, 4.69) is 26.9 Å². The van der Waals surface area contributed by atoms with Crippen molar-refractivity contribution in [2.45, 2.75) is 4.77 Å². The highest BCUT2D eigenvalue weighted by molar-refractivity contribution is 6.46. The van der Waals surface area contributed by atoms with Crippen LogP contribution in [0.2, 0.25) is 0 Å². The molecule has 0 aliphatic carbocycles. The number of carbonyl (C=O) groups is 1. The number of ether oxygens (including phenoxy) is 1. The number of halogens is 3. The third-order valence-corrected chi connectivity index (χ3v) is 3.49. The second-order valence-electron chi connectivity index (χ2n) is 5.20. The maximum absolute atomic E-state index is 12.9. The van der Waals surface area contributed by atoms with Crippen LogP contribution in [0, 0.1) is 0 Å². The third-order valence-electron chi connectivity index (χ3n) is 3.33. The van der Waals surface area contributed by atoms with E-state index in [9.17, 15) is 9.18 Å². The first kappa shape index (κ1) is 17.3. The topological polar surface area (TPSA) is 44.8 Å². The molecule has 0 spiro atoms. The first-order valence-corrected chi connectivity index (χ1v) is 7.64. The van der Waals surface area contributed by atoms with Gasteiger partial charge in [0.2, 0.25) is 5.91 Å². The summed E-state index contributed by atoms with van der Waals surface area (Å²) in [6, 6.07) is 6.14. The van der Waals surface area contributed by atoms with Crippen LogP contribution in [0.1, 0.15) is 0 Å². The summed E-state index contributed by atoms with van der Waals surface area (Å²) in [5.41, 5.74) is 0.597. The zero-order valence-corrected chi connectivity index (χ0v) is 13.7. The number of hydrogen-bond donors (Lipinski definition) is 1. The number of carbonyl (C=O) groups excluding carboxylic acids is 1. The quantitative estimate of drug-likeness (QED) is 0.828. The molecule has 8 heteroatoms. The van der Waals surface area contributed by atoms with Crippen molar-refractivity contribution in [3.8, 4) is 5.75 Å². The molecule has 0 bridgehead atoms. The summed E-state index contributed by atoms with van der Waals surface area (Å²) < 4.78 is 14.8. The van der Waals surface area contributed by atoms with E-state index >= 15 is 0 Å². The van der Waals surface area contributed by atoms with Crippen LogP contribution in [0.3, 0.4) is 0 Å². The predicted octanol–water partition coefficient (Wildman–Crippen LogP) is 2.31. The molecule has 0 unspecified atom stereocenters. The van der Waals surface area contributed by atoms with Gasteiger partial charge in [-0.15, -0.1) is 0 Å². The van der Waals surface area contributed by atoms with Crippen LogP contribution in [0.4, 0.5) is 10.1 Å². The molecule has 1 fully saturated rings. The van der Waals surface area contributed by atoms with Gasteiger partial charge in [-0.05, 0) is 54.5 Å². The molecule has 0 atom stereocenters. The Hall–Kier alpha value is -1.08. The first-order valence-electron chi connectivity index (χ1n) is 6.88. The molecule has 22 heavy (non-hydrogen) atoms. The number of piperazine rings is 1. The average Bonchev–Trinajstić information content (AvgIpc) is 2.42. The minimum atomic E-state index is -2.77. The highest BCUT2D eigenvalue weighted by atomic mass is 35.5. The number of nitrogens with zero attached hydrogens (tertiary/aromatic N) is 2. The molecule has 0 saturated carbocycles. The fourth-order valence-electron chi connectivity index (χ4n) is 2.15. The number of benzene rings is 1. The molecule has 5 nitrogen and oxygen atoms in total. The van der Waals surface area contributed by atoms with Gasteiger partial charge in [-0.3, -0.25) is 9.69 Å². The van der Waals surface area contributed by atoms with E-state index in [1.54, 1.807) is 12.1 Å². The van der Waals surface area contributed by atoms with Gasteiger partial charge in [0.25, 0.3) is 0 Å². The Morgan fingerprint density at radius 1 is 1.27 bits per heavy atom. The lowest BCUT2D eigenvalue weighted by atomic mass is 10.3. The van der Waals surface area contributed by atoms with Crippen molar-refractivity contribution in [3.63, 3.8) is 0 Å². The predicted molar refractivity (Wildman–Crippen MR) is 85.2 cm³/mol. The molecule has 0 aromatic heterocycles. The molecule has 1 N–H and O–H groups in total. The molecule has 1 heterocycles. The maximum atomic E-state index is 12.9. The van der Waals surface area contributed by atoms with E-state index in [-0.39, 0.29) is 11.7 Å². The molecule has 122 valence electrons. The summed E-state index contributed by atoms with van der Waals surface area (Å²) in [5, 5.41) is 2.78. The third kappa shape index (κ3) is 5.96. The molecule has 1 amide bonds. The molecular weight excluding hydrogens is 332 g/mol. The fraction of sp³-hybridized carbons (Fsp3) is 0.500. The summed E-state index contributed by atoms with van der Waals surface area (Å²) in [6.07, 6.45) is 0. The van der Waals surface area contributed by atoms with E-state index in [1.807, 2.05) is 0 Å². The van der Waals surface area contributed by atoms with Gasteiger partial charge < -0.3 is 15.0 Å². The molecule has 1 aliphatic rings. The summed E-state index contributed by atoms with van der Waals surface area (Å²) in [4.78, 5) is 16.3. The fourth-order valence-corrected chi connectivity index (χ4v) is 2.33. The highest BCUT2D eigenvalue weighted by Gasteiger charge is 2.24. The molecular formula is C14H18Cl2FN3O2. The number of amides is 1. The maximum Gasteiger partial charge on any atom is 0.410 e. The van der Waals surface area contributed by atoms with Gasteiger partial charge in [-0.2, -0.15) is 4.39 Å². The number of rotatable bonds is 5. The van der Waals surface area contributed by atoms with Crippen molar-refractivity contribution in [2.24, 2.45) is 0 Å². The molecule has 0 radical (unpaired) electrons. The van der Waals surface area contributed by atoms with Crippen LogP contribution in [0.5, 0.6) is 5.75 Å². The van der Waals surface area contributed by atoms with Crippen LogP contribution in [0.15, 0.2) is 24.3 Å². The SMILES string of the molecule is CN1CCN(CC(=O)Nc2ccc(OC(F)(Cl)Cl)cc2)CC1. The summed E-state index contributed by atoms with van der Waals surface area (Å²) in [5.74, 6) is 0.0808. The van der Waals surface area contributed by atoms with Gasteiger partial charge in [0.05, 0.1) is 6.54 Å². The van der Waals surface area contributed by atoms with Gasteiger partial charge in [0, 0.05) is 31.9 Å². The van der Waals surface area contributed by atoms with Gasteiger partial charge in [0.1, 0.15) is 5.75 Å². The summed E-state index contributed by atoms with van der Waals surface area (Å²) in [6.45, 7) is 4.02. The van der Waals surface area contributed by atoms with Crippen LogP contribution in [-0.4, -0.2) is 60.3 Å². The van der Waals surface area contributed by atoms with Crippen molar-refractivity contribution < 1.29 is 13.9 Å². The highest BCUT2D eigenvalue weighted by Crippen LogP contribution is 2.28. The van der Waals surface area contributed by atoms with Gasteiger partial charge in [0.15, 0.2) is 0 Å². The lowest BCUT2D eigenvalue weighted by molar-refractivity contribution is -0.117. The summed E-state index contributed by atoms with van der Waals surface area (Å²) in [7, 11) is 2.06. The van der Waals surface area contributed by atoms with Crippen molar-refractivity contribution in [1.29, 1.82) is 0 Å². The van der Waals surface area contributed by atoms with E-state index in [1.165, 1.54) is 12.1 Å². The van der Waals surface area contributed by atoms with Crippen LogP contribution in [0.25, 0.3) is 0 Å². The van der Waals surface area contributed by atoms with Crippen LogP contribution in [-0.2, 0) is 4.79 Å². The molecule has 1 aromatic carbocycles. The Morgan fingerprint density at radius 3 is 2.41 bits per heavy atom. The van der Waals surface area contributed by atoms with E-state index in [0.29, 0.717) is 12.2 Å². The monoisotopic (exact) mass is 349 g/mol. The lowest BCUT2D eigenvalue weighted by Crippen LogP contribution is -2.47. The number of hydrogen-bond acceptors (Lipinski definition) is 4. The number of likely N-dealkylation sites (N-methyl/N-ethyl adjacent to an activating group) is 1. The van der Waals surface area contributed by atoms with Crippen molar-refractivity contribution in [2.75, 3.05) is 45.1 Å². The number of anilines is 1. The standard InChI is InChI=1S/C14H18Cl2FN3O2/c1-19-6-8-20(9-7-19)10-13(21)18-11-2-4-12(5-3-11)22-14(15,16)17/h2-5H,6-10H2,1H3,(H,18,21). The smallest absolute Gasteiger partial charge is 0.410 e. The second-order valence-corrected chi connectivity index (χ2v) is 6.37. The minimum absolute atomic E-state index is 0.0900. The van der Waals surface area contributed by atoms with Crippen LogP contribution >= 0.6 is 23.2 Å².